The monoisotopic (exact) mass is 887 g/mol. The van der Waals surface area contributed by atoms with E-state index in [1.807, 2.05) is 0 Å². The van der Waals surface area contributed by atoms with Gasteiger partial charge in [0.15, 0.2) is 0 Å². The summed E-state index contributed by atoms with van der Waals surface area (Å²) in [4.78, 5) is 0. The molecule has 0 bridgehead atoms. The Morgan fingerprint density at radius 3 is 1.30 bits per heavy atom. The Morgan fingerprint density at radius 1 is 0.560 bits per heavy atom. The van der Waals surface area contributed by atoms with Crippen molar-refractivity contribution in [1.82, 2.24) is 0 Å². The van der Waals surface area contributed by atoms with Gasteiger partial charge in [-0.05, 0) is 0 Å². The van der Waals surface area contributed by atoms with E-state index in [4.69, 9.17) is 17.2 Å². The summed E-state index contributed by atoms with van der Waals surface area (Å²) < 4.78 is 0.191. The molecule has 2 atom stereocenters. The zero-order valence-corrected chi connectivity index (χ0v) is 37.9. The van der Waals surface area contributed by atoms with E-state index in [9.17, 15) is 0 Å². The normalized spacial score (nSPS) is 17.9. The number of fused-ring (bicyclic) bond motifs is 2. The van der Waals surface area contributed by atoms with E-state index < -0.39 is 21.3 Å². The SMILES string of the molecule is CCCCc1ccccc1-c1cccc2c1C=C(C(C)C)[CH]2[Hf]([Cl])([Cl])([CH]1C(C(C)C)=Cc2c(-c3ccccc3CCCC)cccc21)[SiH](C)C. The summed E-state index contributed by atoms with van der Waals surface area (Å²) >= 11 is -5.08. The van der Waals surface area contributed by atoms with E-state index in [0.29, 0.717) is 11.8 Å². The van der Waals surface area contributed by atoms with Crippen molar-refractivity contribution in [1.29, 1.82) is 0 Å². The molecule has 0 aromatic heterocycles. The summed E-state index contributed by atoms with van der Waals surface area (Å²) in [5, 5.41) is 0. The quantitative estimate of drug-likeness (QED) is 0.117. The third-order valence-electron chi connectivity index (χ3n) is 11.9. The Labute approximate surface area is 312 Å². The summed E-state index contributed by atoms with van der Waals surface area (Å²) in [6.07, 6.45) is 12.0. The van der Waals surface area contributed by atoms with Gasteiger partial charge in [-0.25, -0.2) is 0 Å². The number of hydrogen-bond donors (Lipinski definition) is 0. The summed E-state index contributed by atoms with van der Waals surface area (Å²) in [6, 6.07) is 32.1. The molecule has 4 aromatic carbocycles. The molecule has 263 valence electrons. The van der Waals surface area contributed by atoms with Gasteiger partial charge in [0.25, 0.3) is 0 Å². The predicted molar refractivity (Wildman–Crippen MR) is 223 cm³/mol. The molecule has 50 heavy (non-hydrogen) atoms. The molecule has 0 amide bonds. The van der Waals surface area contributed by atoms with Crippen LogP contribution in [-0.2, 0) is 28.1 Å². The Kier molecular flexibility index (Phi) is 11.5. The van der Waals surface area contributed by atoms with Crippen molar-refractivity contribution >= 4 is 35.3 Å². The Balaban J connectivity index is 1.59. The molecule has 0 fully saturated rings. The van der Waals surface area contributed by atoms with Crippen molar-refractivity contribution in [3.05, 3.63) is 129 Å². The molecule has 0 radical (unpaired) electrons. The second-order valence-electron chi connectivity index (χ2n) is 16.0. The predicted octanol–water partition coefficient (Wildman–Crippen LogP) is 14.6. The summed E-state index contributed by atoms with van der Waals surface area (Å²) in [6.45, 7) is 19.0. The average Bonchev–Trinajstić information content (AvgIpc) is 3.72. The van der Waals surface area contributed by atoms with Crippen LogP contribution < -0.4 is 0 Å². The van der Waals surface area contributed by atoms with Gasteiger partial charge in [-0.15, -0.1) is 0 Å². The molecule has 6 rings (SSSR count). The van der Waals surface area contributed by atoms with Crippen LogP contribution in [0.1, 0.15) is 108 Å². The van der Waals surface area contributed by atoms with Crippen molar-refractivity contribution in [2.75, 3.05) is 0 Å². The summed E-state index contributed by atoms with van der Waals surface area (Å²) in [5.41, 5.74) is 16.7. The fourth-order valence-electron chi connectivity index (χ4n) is 9.12. The van der Waals surface area contributed by atoms with Crippen molar-refractivity contribution in [2.24, 2.45) is 11.8 Å². The maximum absolute atomic E-state index is 8.84. The van der Waals surface area contributed by atoms with Crippen molar-refractivity contribution in [3.8, 4) is 22.3 Å². The fourth-order valence-corrected chi connectivity index (χ4v) is 53.7. The molecule has 2 unspecified atom stereocenters. The second kappa shape index (κ2) is 15.2. The first-order valence-corrected chi connectivity index (χ1v) is 41.5. The zero-order chi connectivity index (χ0) is 35.8. The average molecular weight is 887 g/mol. The molecular weight excluding hydrogens is 830 g/mol. The first-order chi connectivity index (χ1) is 23.9. The number of benzene rings is 4. The Morgan fingerprint density at radius 2 is 0.940 bits per heavy atom. The molecule has 0 saturated carbocycles. The first kappa shape index (κ1) is 37.8. The molecule has 4 heteroatoms. The zero-order valence-electron chi connectivity index (χ0n) is 31.6. The van der Waals surface area contributed by atoms with E-state index in [-0.39, 0.29) is 7.35 Å². The van der Waals surface area contributed by atoms with Gasteiger partial charge in [-0.1, -0.05) is 0 Å². The molecule has 2 aliphatic carbocycles. The van der Waals surface area contributed by atoms with E-state index >= 15 is 0 Å². The minimum absolute atomic E-state index is 0.0957. The third-order valence-corrected chi connectivity index (χ3v) is 84.5. The Hall–Kier alpha value is -1.97. The van der Waals surface area contributed by atoms with Crippen LogP contribution in [0.2, 0.25) is 13.1 Å². The van der Waals surface area contributed by atoms with Crippen LogP contribution in [0.25, 0.3) is 34.4 Å². The number of hydrogen-bond acceptors (Lipinski definition) is 0. The van der Waals surface area contributed by atoms with Gasteiger partial charge in [-0.3, -0.25) is 0 Å². The van der Waals surface area contributed by atoms with Gasteiger partial charge in [-0.2, -0.15) is 0 Å². The van der Waals surface area contributed by atoms with Crippen molar-refractivity contribution in [2.45, 2.75) is 101 Å². The van der Waals surface area contributed by atoms with Crippen molar-refractivity contribution in [3.63, 3.8) is 0 Å². The molecule has 0 saturated heterocycles. The molecule has 0 heterocycles. The Bertz CT molecular complexity index is 1800. The van der Waals surface area contributed by atoms with Gasteiger partial charge in [0.2, 0.25) is 0 Å². The maximum atomic E-state index is 8.84. The van der Waals surface area contributed by atoms with Gasteiger partial charge >= 0.3 is 315 Å². The van der Waals surface area contributed by atoms with Crippen LogP contribution in [0.3, 0.4) is 0 Å². The van der Waals surface area contributed by atoms with E-state index in [1.54, 1.807) is 0 Å². The standard InChI is InChI=1S/2C22H25.C2H7Si.2ClH.Hf/c2*1-4-5-9-17-10-6-7-12-20(17)21-13-8-11-18-14-19(16(2)3)15-22(18)21;1-3-2;;;/h2*6-8,10-16H,4-5,9H2,1-3H3;3H,1-2H3;2*1H;/q;;;;;+2/p-2. The van der Waals surface area contributed by atoms with Crippen LogP contribution in [0, 0.1) is 11.8 Å². The number of rotatable bonds is 13. The van der Waals surface area contributed by atoms with Crippen LogP contribution in [-0.4, -0.2) is 5.98 Å². The van der Waals surface area contributed by atoms with Gasteiger partial charge in [0.1, 0.15) is 0 Å². The van der Waals surface area contributed by atoms with E-state index in [0.717, 1.165) is 12.8 Å². The second-order valence-corrected chi connectivity index (χ2v) is 75.3. The topological polar surface area (TPSA) is 0 Å². The summed E-state index contributed by atoms with van der Waals surface area (Å²) in [5.74, 6) is -0.965. The number of allylic oxidation sites excluding steroid dienone is 2. The van der Waals surface area contributed by atoms with Crippen molar-refractivity contribution < 1.29 is 15.3 Å². The molecule has 0 aliphatic heterocycles. The van der Waals surface area contributed by atoms with Crippen LogP contribution >= 0.6 is 17.2 Å². The first-order valence-electron chi connectivity index (χ1n) is 19.4. The van der Waals surface area contributed by atoms with E-state index in [2.05, 4.69) is 152 Å². The van der Waals surface area contributed by atoms with Gasteiger partial charge in [0, 0.05) is 0 Å². The van der Waals surface area contributed by atoms with E-state index in [1.165, 1.54) is 92.5 Å². The summed E-state index contributed by atoms with van der Waals surface area (Å²) in [7, 11) is 17.7. The van der Waals surface area contributed by atoms with Crippen LogP contribution in [0.4, 0.5) is 0 Å². The minimum atomic E-state index is -5.08. The number of halogens is 2. The molecular formula is C46H57Cl2HfSi. The fraction of sp³-hybridized carbons (Fsp3) is 0.391. The van der Waals surface area contributed by atoms with Crippen LogP contribution in [0.5, 0.6) is 0 Å². The third kappa shape index (κ3) is 6.48. The van der Waals surface area contributed by atoms with Gasteiger partial charge in [0.05, 0.1) is 0 Å². The number of aryl methyl sites for hydroxylation is 2. The molecule has 0 nitrogen and oxygen atoms in total. The van der Waals surface area contributed by atoms with Gasteiger partial charge < -0.3 is 0 Å². The molecule has 0 N–H and O–H groups in total. The van der Waals surface area contributed by atoms with Crippen LogP contribution in [0.15, 0.2) is 96.1 Å². The molecule has 0 spiro atoms. The molecule has 4 aromatic rings. The number of unbranched alkanes of at least 4 members (excludes halogenated alkanes) is 2. The molecule has 2 aliphatic rings.